The second-order valence-corrected chi connectivity index (χ2v) is 7.55. The van der Waals surface area contributed by atoms with Crippen molar-refractivity contribution in [1.82, 2.24) is 25.3 Å². The lowest BCUT2D eigenvalue weighted by Crippen LogP contribution is -2.44. The van der Waals surface area contributed by atoms with Crippen molar-refractivity contribution < 1.29 is 9.26 Å². The predicted octanol–water partition coefficient (Wildman–Crippen LogP) is 3.14. The molecule has 142 valence electrons. The van der Waals surface area contributed by atoms with Crippen molar-refractivity contribution in [3.8, 4) is 27.1 Å². The van der Waals surface area contributed by atoms with Crippen molar-refractivity contribution >= 4 is 11.3 Å². The Labute approximate surface area is 162 Å². The lowest BCUT2D eigenvalue weighted by Gasteiger charge is -2.30. The number of nitrogens with zero attached hydrogens (tertiary/aromatic N) is 4. The zero-order valence-electron chi connectivity index (χ0n) is 15.7. The van der Waals surface area contributed by atoms with Crippen LogP contribution in [0.4, 0.5) is 0 Å². The fourth-order valence-electron chi connectivity index (χ4n) is 3.14. The molecule has 8 heteroatoms. The van der Waals surface area contributed by atoms with E-state index < -0.39 is 0 Å². The predicted molar refractivity (Wildman–Crippen MR) is 105 cm³/mol. The van der Waals surface area contributed by atoms with Crippen LogP contribution in [-0.4, -0.2) is 53.3 Å². The minimum atomic E-state index is 0.134. The maximum atomic E-state index is 5.57. The Morgan fingerprint density at radius 2 is 2.11 bits per heavy atom. The topological polar surface area (TPSA) is 76.3 Å². The standard InChI is InChI=1S/C19H23N5O2S/c1-4-25-14-7-5-13(6-8-14)19-21-12(2)16(27-19)18-22-17(23-26-18)15-11-20-9-10-24(15)3/h5-8,15,20H,4,9-11H2,1-3H3. The van der Waals surface area contributed by atoms with Crippen LogP contribution in [0.15, 0.2) is 28.8 Å². The molecule has 1 aromatic carbocycles. The van der Waals surface area contributed by atoms with Crippen LogP contribution >= 0.6 is 11.3 Å². The molecule has 0 aliphatic carbocycles. The van der Waals surface area contributed by atoms with Crippen molar-refractivity contribution in [2.24, 2.45) is 0 Å². The monoisotopic (exact) mass is 385 g/mol. The number of hydrogen-bond donors (Lipinski definition) is 1. The highest BCUT2D eigenvalue weighted by molar-refractivity contribution is 7.18. The van der Waals surface area contributed by atoms with Gasteiger partial charge < -0.3 is 14.6 Å². The lowest BCUT2D eigenvalue weighted by molar-refractivity contribution is 0.190. The summed E-state index contributed by atoms with van der Waals surface area (Å²) < 4.78 is 11.1. The van der Waals surface area contributed by atoms with E-state index in [4.69, 9.17) is 14.2 Å². The van der Waals surface area contributed by atoms with Crippen LogP contribution in [-0.2, 0) is 0 Å². The Bertz CT molecular complexity index is 905. The zero-order chi connectivity index (χ0) is 18.8. The van der Waals surface area contributed by atoms with Gasteiger partial charge in [0, 0.05) is 25.2 Å². The summed E-state index contributed by atoms with van der Waals surface area (Å²) in [6.45, 7) is 7.39. The molecule has 1 aliphatic heterocycles. The third-order valence-electron chi connectivity index (χ3n) is 4.65. The van der Waals surface area contributed by atoms with E-state index in [1.165, 1.54) is 0 Å². The molecule has 1 aliphatic rings. The van der Waals surface area contributed by atoms with Gasteiger partial charge >= 0.3 is 0 Å². The smallest absolute Gasteiger partial charge is 0.269 e. The van der Waals surface area contributed by atoms with E-state index in [9.17, 15) is 0 Å². The van der Waals surface area contributed by atoms with Crippen LogP contribution in [0.25, 0.3) is 21.3 Å². The van der Waals surface area contributed by atoms with E-state index in [1.807, 2.05) is 38.1 Å². The summed E-state index contributed by atoms with van der Waals surface area (Å²) in [7, 11) is 2.09. The number of nitrogens with one attached hydrogen (secondary N) is 1. The lowest BCUT2D eigenvalue weighted by atomic mass is 10.2. The average Bonchev–Trinajstić information content (AvgIpc) is 3.30. The van der Waals surface area contributed by atoms with Crippen LogP contribution < -0.4 is 10.1 Å². The van der Waals surface area contributed by atoms with Gasteiger partial charge in [0.25, 0.3) is 5.89 Å². The maximum absolute atomic E-state index is 5.57. The van der Waals surface area contributed by atoms with Crippen molar-refractivity contribution in [2.75, 3.05) is 33.3 Å². The van der Waals surface area contributed by atoms with E-state index in [2.05, 4.69) is 27.4 Å². The molecular weight excluding hydrogens is 362 g/mol. The summed E-state index contributed by atoms with van der Waals surface area (Å²) in [6, 6.07) is 8.11. The molecule has 1 N–H and O–H groups in total. The molecule has 1 saturated heterocycles. The van der Waals surface area contributed by atoms with Gasteiger partial charge in [0.2, 0.25) is 0 Å². The molecule has 2 aromatic heterocycles. The van der Waals surface area contributed by atoms with Gasteiger partial charge in [-0.15, -0.1) is 11.3 Å². The highest BCUT2D eigenvalue weighted by Gasteiger charge is 2.26. The number of ether oxygens (including phenoxy) is 1. The van der Waals surface area contributed by atoms with Crippen molar-refractivity contribution in [3.63, 3.8) is 0 Å². The van der Waals surface area contributed by atoms with Gasteiger partial charge in [0.1, 0.15) is 15.6 Å². The van der Waals surface area contributed by atoms with Crippen molar-refractivity contribution in [1.29, 1.82) is 0 Å². The first-order chi connectivity index (χ1) is 13.2. The Morgan fingerprint density at radius 3 is 2.85 bits per heavy atom. The molecule has 0 saturated carbocycles. The van der Waals surface area contributed by atoms with Crippen LogP contribution in [0.5, 0.6) is 5.75 Å². The third-order valence-corrected chi connectivity index (χ3v) is 5.85. The van der Waals surface area contributed by atoms with Gasteiger partial charge in [-0.1, -0.05) is 5.16 Å². The van der Waals surface area contributed by atoms with Crippen LogP contribution in [0.1, 0.15) is 24.5 Å². The molecule has 27 heavy (non-hydrogen) atoms. The second-order valence-electron chi connectivity index (χ2n) is 6.55. The average molecular weight is 385 g/mol. The number of aryl methyl sites for hydroxylation is 1. The van der Waals surface area contributed by atoms with Gasteiger partial charge in [0.15, 0.2) is 5.82 Å². The largest absolute Gasteiger partial charge is 0.494 e. The number of aromatic nitrogens is 3. The summed E-state index contributed by atoms with van der Waals surface area (Å²) in [5, 5.41) is 8.53. The van der Waals surface area contributed by atoms with Gasteiger partial charge in [-0.2, -0.15) is 4.98 Å². The molecule has 3 heterocycles. The minimum absolute atomic E-state index is 0.134. The van der Waals surface area contributed by atoms with E-state index in [0.29, 0.717) is 12.5 Å². The molecule has 1 atom stereocenters. The molecule has 0 bridgehead atoms. The van der Waals surface area contributed by atoms with Crippen LogP contribution in [0.2, 0.25) is 0 Å². The number of benzene rings is 1. The quantitative estimate of drug-likeness (QED) is 0.723. The van der Waals surface area contributed by atoms with Crippen LogP contribution in [0.3, 0.4) is 0 Å². The summed E-state index contributed by atoms with van der Waals surface area (Å²) in [4.78, 5) is 12.5. The molecule has 1 unspecified atom stereocenters. The number of likely N-dealkylation sites (N-methyl/N-ethyl adjacent to an activating group) is 1. The van der Waals surface area contributed by atoms with Gasteiger partial charge in [-0.05, 0) is 45.2 Å². The Hall–Kier alpha value is -2.29. The summed E-state index contributed by atoms with van der Waals surface area (Å²) in [5.74, 6) is 2.12. The van der Waals surface area contributed by atoms with E-state index >= 15 is 0 Å². The normalized spacial score (nSPS) is 18.0. The van der Waals surface area contributed by atoms with Crippen molar-refractivity contribution in [3.05, 3.63) is 35.8 Å². The first kappa shape index (κ1) is 18.1. The molecule has 3 aromatic rings. The molecule has 0 amide bonds. The summed E-state index contributed by atoms with van der Waals surface area (Å²) >= 11 is 1.57. The highest BCUT2D eigenvalue weighted by atomic mass is 32.1. The Balaban J connectivity index is 1.58. The van der Waals surface area contributed by atoms with Gasteiger partial charge in [0.05, 0.1) is 18.3 Å². The van der Waals surface area contributed by atoms with Gasteiger partial charge in [-0.3, -0.25) is 4.90 Å². The molecule has 0 radical (unpaired) electrons. The maximum Gasteiger partial charge on any atom is 0.269 e. The van der Waals surface area contributed by atoms with E-state index in [0.717, 1.165) is 52.4 Å². The number of thiazole rings is 1. The molecular formula is C19H23N5O2S. The Morgan fingerprint density at radius 1 is 1.30 bits per heavy atom. The van der Waals surface area contributed by atoms with E-state index in [-0.39, 0.29) is 6.04 Å². The highest BCUT2D eigenvalue weighted by Crippen LogP contribution is 2.35. The number of rotatable bonds is 5. The second kappa shape index (κ2) is 7.75. The summed E-state index contributed by atoms with van der Waals surface area (Å²) in [6.07, 6.45) is 0. The van der Waals surface area contributed by atoms with Gasteiger partial charge in [-0.25, -0.2) is 4.98 Å². The number of piperazine rings is 1. The molecule has 0 spiro atoms. The first-order valence-corrected chi connectivity index (χ1v) is 9.93. The van der Waals surface area contributed by atoms with E-state index in [1.54, 1.807) is 11.3 Å². The Kier molecular flexibility index (Phi) is 5.20. The summed E-state index contributed by atoms with van der Waals surface area (Å²) in [5.41, 5.74) is 1.95. The fraction of sp³-hybridized carbons (Fsp3) is 0.421. The molecule has 7 nitrogen and oxygen atoms in total. The minimum Gasteiger partial charge on any atom is -0.494 e. The number of hydrogen-bond acceptors (Lipinski definition) is 8. The molecule has 4 rings (SSSR count). The molecule has 1 fully saturated rings. The zero-order valence-corrected chi connectivity index (χ0v) is 16.5. The third kappa shape index (κ3) is 3.73. The van der Waals surface area contributed by atoms with Crippen LogP contribution in [0, 0.1) is 6.92 Å². The fourth-order valence-corrected chi connectivity index (χ4v) is 4.13. The van der Waals surface area contributed by atoms with Crippen molar-refractivity contribution in [2.45, 2.75) is 19.9 Å². The first-order valence-electron chi connectivity index (χ1n) is 9.11. The SMILES string of the molecule is CCOc1ccc(-c2nc(C)c(-c3nc(C4CNCCN4C)no3)s2)cc1.